The van der Waals surface area contributed by atoms with E-state index in [1.54, 1.807) is 12.1 Å². The fraction of sp³-hybridized carbons (Fsp3) is 0.600. The van der Waals surface area contributed by atoms with Crippen LogP contribution in [0.3, 0.4) is 0 Å². The van der Waals surface area contributed by atoms with Crippen molar-refractivity contribution in [2.45, 2.75) is 43.4 Å². The van der Waals surface area contributed by atoms with Crippen LogP contribution in [-0.2, 0) is 0 Å². The molecule has 1 aliphatic rings. The predicted octanol–water partition coefficient (Wildman–Crippen LogP) is 3.80. The van der Waals surface area contributed by atoms with E-state index < -0.39 is 0 Å². The first-order valence-corrected chi connectivity index (χ1v) is 8.00. The van der Waals surface area contributed by atoms with Gasteiger partial charge in [0, 0.05) is 11.3 Å². The lowest BCUT2D eigenvalue weighted by Gasteiger charge is -2.36. The second-order valence-electron chi connectivity index (χ2n) is 5.18. The van der Waals surface area contributed by atoms with E-state index in [-0.39, 0.29) is 5.82 Å². The molecule has 0 amide bonds. The molecule has 1 nitrogen and oxygen atoms in total. The van der Waals surface area contributed by atoms with E-state index in [1.807, 2.05) is 23.9 Å². The van der Waals surface area contributed by atoms with E-state index in [0.29, 0.717) is 12.0 Å². The molecular formula is C15H22FNS. The maximum atomic E-state index is 13.6. The Labute approximate surface area is 114 Å². The van der Waals surface area contributed by atoms with Gasteiger partial charge in [0.2, 0.25) is 0 Å². The molecule has 2 rings (SSSR count). The molecule has 0 heterocycles. The molecule has 0 spiro atoms. The Kier molecular flexibility index (Phi) is 5.07. The lowest BCUT2D eigenvalue weighted by molar-refractivity contribution is 0.285. The number of hydrogen-bond acceptors (Lipinski definition) is 2. The van der Waals surface area contributed by atoms with Crippen molar-refractivity contribution in [3.05, 3.63) is 35.6 Å². The van der Waals surface area contributed by atoms with Gasteiger partial charge in [-0.1, -0.05) is 25.1 Å². The van der Waals surface area contributed by atoms with Gasteiger partial charge in [-0.3, -0.25) is 0 Å². The van der Waals surface area contributed by atoms with Crippen LogP contribution in [0.25, 0.3) is 0 Å². The minimum absolute atomic E-state index is 0.0445. The van der Waals surface area contributed by atoms with Gasteiger partial charge in [-0.15, -0.1) is 0 Å². The van der Waals surface area contributed by atoms with Crippen molar-refractivity contribution in [3.8, 4) is 0 Å². The summed E-state index contributed by atoms with van der Waals surface area (Å²) in [5.74, 6) is 0.374. The first-order valence-electron chi connectivity index (χ1n) is 6.71. The Bertz CT molecular complexity index is 377. The summed E-state index contributed by atoms with van der Waals surface area (Å²) in [4.78, 5) is 0. The molecule has 0 aliphatic heterocycles. The predicted molar refractivity (Wildman–Crippen MR) is 77.8 cm³/mol. The molecule has 1 aromatic rings. The van der Waals surface area contributed by atoms with E-state index in [1.165, 1.54) is 6.42 Å². The standard InChI is InChI=1S/C15H22FNS/c1-11(18-2)7-8-17-13-9-12(10-13)14-5-3-4-6-15(14)16/h3-6,11-13,17H,7-10H2,1-2H3. The minimum Gasteiger partial charge on any atom is -0.314 e. The van der Waals surface area contributed by atoms with E-state index in [0.717, 1.165) is 30.2 Å². The third kappa shape index (κ3) is 3.48. The number of halogens is 1. The average Bonchev–Trinajstić information content (AvgIpc) is 2.33. The smallest absolute Gasteiger partial charge is 0.126 e. The molecule has 1 unspecified atom stereocenters. The van der Waals surface area contributed by atoms with Crippen molar-refractivity contribution in [1.29, 1.82) is 0 Å². The molecule has 1 saturated carbocycles. The van der Waals surface area contributed by atoms with Crippen LogP contribution in [0.1, 0.15) is 37.7 Å². The molecule has 0 radical (unpaired) electrons. The summed E-state index contributed by atoms with van der Waals surface area (Å²) >= 11 is 1.91. The fourth-order valence-corrected chi connectivity index (χ4v) is 2.81. The molecule has 1 N–H and O–H groups in total. The van der Waals surface area contributed by atoms with Crippen LogP contribution in [0.15, 0.2) is 24.3 Å². The molecule has 1 aliphatic carbocycles. The van der Waals surface area contributed by atoms with E-state index in [4.69, 9.17) is 0 Å². The molecule has 1 aromatic carbocycles. The minimum atomic E-state index is -0.0445. The highest BCUT2D eigenvalue weighted by molar-refractivity contribution is 7.99. The van der Waals surface area contributed by atoms with Crippen LogP contribution >= 0.6 is 11.8 Å². The summed E-state index contributed by atoms with van der Waals surface area (Å²) in [6.07, 6.45) is 5.52. The number of nitrogens with one attached hydrogen (secondary N) is 1. The molecule has 0 aromatic heterocycles. The Balaban J connectivity index is 1.70. The third-order valence-corrected chi connectivity index (χ3v) is 4.91. The molecule has 100 valence electrons. The quantitative estimate of drug-likeness (QED) is 0.841. The largest absolute Gasteiger partial charge is 0.314 e. The van der Waals surface area contributed by atoms with Gasteiger partial charge in [0.25, 0.3) is 0 Å². The summed E-state index contributed by atoms with van der Waals surface area (Å²) in [6, 6.07) is 7.77. The summed E-state index contributed by atoms with van der Waals surface area (Å²) in [7, 11) is 0. The molecular weight excluding hydrogens is 245 g/mol. The monoisotopic (exact) mass is 267 g/mol. The van der Waals surface area contributed by atoms with Crippen molar-refractivity contribution in [3.63, 3.8) is 0 Å². The number of thioether (sulfide) groups is 1. The zero-order valence-corrected chi connectivity index (χ0v) is 12.0. The van der Waals surface area contributed by atoms with Gasteiger partial charge in [-0.2, -0.15) is 11.8 Å². The summed E-state index contributed by atoms with van der Waals surface area (Å²) in [5.41, 5.74) is 0.896. The van der Waals surface area contributed by atoms with Crippen LogP contribution < -0.4 is 5.32 Å². The summed E-state index contributed by atoms with van der Waals surface area (Å²) < 4.78 is 13.6. The zero-order chi connectivity index (χ0) is 13.0. The van der Waals surface area contributed by atoms with Gasteiger partial charge in [0.05, 0.1) is 0 Å². The Morgan fingerprint density at radius 1 is 1.39 bits per heavy atom. The van der Waals surface area contributed by atoms with Gasteiger partial charge in [0.1, 0.15) is 5.82 Å². The van der Waals surface area contributed by atoms with Crippen molar-refractivity contribution >= 4 is 11.8 Å². The summed E-state index contributed by atoms with van der Waals surface area (Å²) in [6.45, 7) is 3.34. The van der Waals surface area contributed by atoms with E-state index in [2.05, 4.69) is 18.5 Å². The van der Waals surface area contributed by atoms with Crippen molar-refractivity contribution in [2.24, 2.45) is 0 Å². The lowest BCUT2D eigenvalue weighted by atomic mass is 9.75. The molecule has 0 saturated heterocycles. The number of benzene rings is 1. The summed E-state index contributed by atoms with van der Waals surface area (Å²) in [5, 5.41) is 4.29. The van der Waals surface area contributed by atoms with Gasteiger partial charge in [-0.05, 0) is 49.6 Å². The molecule has 0 bridgehead atoms. The van der Waals surface area contributed by atoms with Gasteiger partial charge < -0.3 is 5.32 Å². The highest BCUT2D eigenvalue weighted by Gasteiger charge is 2.31. The maximum absolute atomic E-state index is 13.6. The van der Waals surface area contributed by atoms with E-state index in [9.17, 15) is 4.39 Å². The van der Waals surface area contributed by atoms with Crippen molar-refractivity contribution in [1.82, 2.24) is 5.32 Å². The second kappa shape index (κ2) is 6.58. The van der Waals surface area contributed by atoms with E-state index >= 15 is 0 Å². The lowest BCUT2D eigenvalue weighted by Crippen LogP contribution is -2.41. The Hall–Kier alpha value is -0.540. The maximum Gasteiger partial charge on any atom is 0.126 e. The fourth-order valence-electron chi connectivity index (χ4n) is 2.45. The second-order valence-corrected chi connectivity index (χ2v) is 6.45. The first-order chi connectivity index (χ1) is 8.70. The number of hydrogen-bond donors (Lipinski definition) is 1. The molecule has 18 heavy (non-hydrogen) atoms. The van der Waals surface area contributed by atoms with Crippen LogP contribution in [0.4, 0.5) is 4.39 Å². The SMILES string of the molecule is CSC(C)CCNC1CC(c2ccccc2F)C1. The van der Waals surface area contributed by atoms with Crippen LogP contribution in [-0.4, -0.2) is 24.1 Å². The van der Waals surface area contributed by atoms with Crippen LogP contribution in [0.2, 0.25) is 0 Å². The Morgan fingerprint density at radius 3 is 2.78 bits per heavy atom. The highest BCUT2D eigenvalue weighted by atomic mass is 32.2. The first kappa shape index (κ1) is 13.9. The topological polar surface area (TPSA) is 12.0 Å². The average molecular weight is 267 g/mol. The van der Waals surface area contributed by atoms with Gasteiger partial charge in [-0.25, -0.2) is 4.39 Å². The van der Waals surface area contributed by atoms with Crippen LogP contribution in [0, 0.1) is 5.82 Å². The van der Waals surface area contributed by atoms with Crippen molar-refractivity contribution < 1.29 is 4.39 Å². The zero-order valence-electron chi connectivity index (χ0n) is 11.2. The molecule has 3 heteroatoms. The van der Waals surface area contributed by atoms with Gasteiger partial charge >= 0.3 is 0 Å². The highest BCUT2D eigenvalue weighted by Crippen LogP contribution is 2.37. The van der Waals surface area contributed by atoms with Crippen molar-refractivity contribution in [2.75, 3.05) is 12.8 Å². The normalized spacial score (nSPS) is 24.6. The van der Waals surface area contributed by atoms with Gasteiger partial charge in [0.15, 0.2) is 0 Å². The third-order valence-electron chi connectivity index (χ3n) is 3.87. The molecule has 1 atom stereocenters. The molecule has 1 fully saturated rings. The Morgan fingerprint density at radius 2 is 2.11 bits per heavy atom. The van der Waals surface area contributed by atoms with Crippen LogP contribution in [0.5, 0.6) is 0 Å². The number of rotatable bonds is 6.